The van der Waals surface area contributed by atoms with Crippen LogP contribution in [0, 0.1) is 40.0 Å². The lowest BCUT2D eigenvalue weighted by atomic mass is 9.89. The van der Waals surface area contributed by atoms with Crippen molar-refractivity contribution in [2.75, 3.05) is 0 Å². The van der Waals surface area contributed by atoms with Gasteiger partial charge in [-0.2, -0.15) is 0 Å². The van der Waals surface area contributed by atoms with Crippen LogP contribution in [0.3, 0.4) is 0 Å². The zero-order valence-electron chi connectivity index (χ0n) is 19.4. The number of hydrogen-bond donors (Lipinski definition) is 1. The van der Waals surface area contributed by atoms with E-state index in [-0.39, 0.29) is 0 Å². The summed E-state index contributed by atoms with van der Waals surface area (Å²) >= 11 is 0. The van der Waals surface area contributed by atoms with Crippen molar-refractivity contribution in [3.05, 3.63) is 104 Å². The van der Waals surface area contributed by atoms with Gasteiger partial charge in [0.1, 0.15) is 0 Å². The zero-order chi connectivity index (χ0) is 22.4. The van der Waals surface area contributed by atoms with Gasteiger partial charge in [0.15, 0.2) is 0 Å². The summed E-state index contributed by atoms with van der Waals surface area (Å²) < 4.78 is 0. The van der Waals surface area contributed by atoms with Crippen LogP contribution in [0.15, 0.2) is 59.8 Å². The minimum atomic E-state index is 0.773. The molecule has 0 atom stereocenters. The Bertz CT molecular complexity index is 1050. The average molecular weight is 398 g/mol. The largest absolute Gasteiger partial charge is 0.399 e. The lowest BCUT2D eigenvalue weighted by Gasteiger charge is -2.15. The van der Waals surface area contributed by atoms with Crippen LogP contribution < -0.4 is 5.73 Å². The fraction of sp³-hybridized carbons (Fsp3) is 0.310. The van der Waals surface area contributed by atoms with Crippen molar-refractivity contribution in [1.82, 2.24) is 0 Å². The van der Waals surface area contributed by atoms with E-state index < -0.39 is 0 Å². The molecule has 0 spiro atoms. The average Bonchev–Trinajstić information content (AvgIpc) is 2.65. The van der Waals surface area contributed by atoms with Gasteiger partial charge in [0, 0.05) is 11.3 Å². The van der Waals surface area contributed by atoms with Crippen LogP contribution in [0.25, 0.3) is 0 Å². The van der Waals surface area contributed by atoms with Gasteiger partial charge >= 0.3 is 0 Å². The maximum absolute atomic E-state index is 6.12. The first-order valence-corrected chi connectivity index (χ1v) is 10.6. The highest BCUT2D eigenvalue weighted by Crippen LogP contribution is 2.25. The minimum Gasteiger partial charge on any atom is -0.399 e. The van der Waals surface area contributed by atoms with E-state index in [0.717, 1.165) is 41.7 Å². The highest BCUT2D eigenvalue weighted by atomic mass is 14.6. The fourth-order valence-electron chi connectivity index (χ4n) is 3.82. The quantitative estimate of drug-likeness (QED) is 0.404. The van der Waals surface area contributed by atoms with Gasteiger partial charge in [-0.1, -0.05) is 54.0 Å². The number of rotatable bonds is 7. The molecule has 0 unspecified atom stereocenters. The number of nitrogens with two attached hydrogens (primary N) is 1. The zero-order valence-corrected chi connectivity index (χ0v) is 19.4. The Morgan fingerprint density at radius 2 is 1.60 bits per heavy atom. The SMILES string of the molecule is C#Cc1c(CC/C=C(C)\C(N)=C/C(=C)C)cc(C)cc1Cc1cc(C)c(C)cc1C. The monoisotopic (exact) mass is 397 g/mol. The summed E-state index contributed by atoms with van der Waals surface area (Å²) in [7, 11) is 0. The molecule has 2 aromatic rings. The van der Waals surface area contributed by atoms with Gasteiger partial charge in [-0.05, 0) is 106 Å². The summed E-state index contributed by atoms with van der Waals surface area (Å²) in [6, 6.07) is 9.04. The van der Waals surface area contributed by atoms with Crippen LogP contribution in [0.2, 0.25) is 0 Å². The predicted octanol–water partition coefficient (Wildman–Crippen LogP) is 6.79. The third kappa shape index (κ3) is 6.01. The van der Waals surface area contributed by atoms with Gasteiger partial charge in [-0.3, -0.25) is 0 Å². The predicted molar refractivity (Wildman–Crippen MR) is 132 cm³/mol. The van der Waals surface area contributed by atoms with E-state index in [4.69, 9.17) is 12.2 Å². The van der Waals surface area contributed by atoms with E-state index in [9.17, 15) is 0 Å². The molecule has 0 amide bonds. The highest BCUT2D eigenvalue weighted by molar-refractivity contribution is 5.51. The first-order chi connectivity index (χ1) is 14.1. The maximum atomic E-state index is 6.12. The van der Waals surface area contributed by atoms with Crippen LogP contribution in [0.1, 0.15) is 64.8 Å². The van der Waals surface area contributed by atoms with Gasteiger partial charge in [-0.15, -0.1) is 6.42 Å². The van der Waals surface area contributed by atoms with E-state index >= 15 is 0 Å². The molecule has 0 fully saturated rings. The molecule has 0 aromatic heterocycles. The van der Waals surface area contributed by atoms with Crippen molar-refractivity contribution in [1.29, 1.82) is 0 Å². The third-order valence-electron chi connectivity index (χ3n) is 5.64. The summed E-state index contributed by atoms with van der Waals surface area (Å²) in [5.41, 5.74) is 19.0. The molecule has 0 heterocycles. The van der Waals surface area contributed by atoms with Crippen LogP contribution in [-0.2, 0) is 12.8 Å². The number of hydrogen-bond acceptors (Lipinski definition) is 1. The van der Waals surface area contributed by atoms with E-state index in [0.29, 0.717) is 0 Å². The molecule has 0 aliphatic rings. The molecule has 2 aromatic carbocycles. The molecule has 1 heteroatoms. The highest BCUT2D eigenvalue weighted by Gasteiger charge is 2.11. The standard InChI is InChI=1S/C29H35N/c1-9-28-25(12-10-11-21(5)29(30)13-19(2)3)14-20(4)15-27(28)18-26-17-23(7)22(6)16-24(26)8/h1,11,13-17H,2,10,12,18,30H2,3-8H3/b21-11-,29-13+. The van der Waals surface area contributed by atoms with Crippen molar-refractivity contribution in [3.63, 3.8) is 0 Å². The molecule has 2 N–H and O–H groups in total. The minimum absolute atomic E-state index is 0.773. The molecule has 0 aliphatic heterocycles. The Morgan fingerprint density at radius 3 is 2.23 bits per heavy atom. The van der Waals surface area contributed by atoms with Crippen molar-refractivity contribution in [3.8, 4) is 12.3 Å². The Kier molecular flexibility index (Phi) is 7.90. The molecular formula is C29H35N. The maximum Gasteiger partial charge on any atom is 0.0342 e. The summed E-state index contributed by atoms with van der Waals surface area (Å²) in [6.07, 6.45) is 12.7. The van der Waals surface area contributed by atoms with E-state index in [1.165, 1.54) is 38.9 Å². The van der Waals surface area contributed by atoms with Crippen LogP contribution >= 0.6 is 0 Å². The molecule has 1 nitrogen and oxygen atoms in total. The molecule has 156 valence electrons. The molecule has 30 heavy (non-hydrogen) atoms. The number of benzene rings is 2. The topological polar surface area (TPSA) is 26.0 Å². The summed E-state index contributed by atoms with van der Waals surface area (Å²) in [5, 5.41) is 0. The van der Waals surface area contributed by atoms with Gasteiger partial charge < -0.3 is 5.73 Å². The third-order valence-corrected chi connectivity index (χ3v) is 5.64. The molecule has 0 saturated heterocycles. The van der Waals surface area contributed by atoms with Crippen molar-refractivity contribution in [2.24, 2.45) is 5.73 Å². The van der Waals surface area contributed by atoms with Crippen molar-refractivity contribution >= 4 is 0 Å². The normalized spacial score (nSPS) is 12.0. The Balaban J connectivity index is 2.31. The second kappa shape index (κ2) is 10.2. The molecule has 0 aliphatic carbocycles. The summed E-state index contributed by atoms with van der Waals surface area (Å²) in [6.45, 7) is 16.6. The molecule has 0 radical (unpaired) electrons. The Hall–Kier alpha value is -2.98. The molecule has 0 saturated carbocycles. The summed E-state index contributed by atoms with van der Waals surface area (Å²) in [4.78, 5) is 0. The second-order valence-corrected chi connectivity index (χ2v) is 8.51. The molecule has 0 bridgehead atoms. The number of terminal acetylenes is 1. The van der Waals surface area contributed by atoms with Gasteiger partial charge in [0.25, 0.3) is 0 Å². The van der Waals surface area contributed by atoms with Gasteiger partial charge in [0.2, 0.25) is 0 Å². The first-order valence-electron chi connectivity index (χ1n) is 10.6. The van der Waals surface area contributed by atoms with Crippen LogP contribution in [-0.4, -0.2) is 0 Å². The second-order valence-electron chi connectivity index (χ2n) is 8.51. The number of allylic oxidation sites excluding steroid dienone is 4. The first kappa shape index (κ1) is 23.3. The lowest BCUT2D eigenvalue weighted by Crippen LogP contribution is -2.02. The van der Waals surface area contributed by atoms with E-state index in [2.05, 4.69) is 70.5 Å². The Morgan fingerprint density at radius 1 is 0.967 bits per heavy atom. The number of aryl methyl sites for hydroxylation is 5. The fourth-order valence-corrected chi connectivity index (χ4v) is 3.82. The van der Waals surface area contributed by atoms with Crippen LogP contribution in [0.4, 0.5) is 0 Å². The van der Waals surface area contributed by atoms with Gasteiger partial charge in [0.05, 0.1) is 0 Å². The summed E-state index contributed by atoms with van der Waals surface area (Å²) in [5.74, 6) is 2.98. The Labute approximate surface area is 183 Å². The molecule has 2 rings (SSSR count). The van der Waals surface area contributed by atoms with Crippen molar-refractivity contribution < 1.29 is 0 Å². The van der Waals surface area contributed by atoms with E-state index in [1.54, 1.807) is 0 Å². The molecular weight excluding hydrogens is 362 g/mol. The van der Waals surface area contributed by atoms with E-state index in [1.807, 2.05) is 19.9 Å². The smallest absolute Gasteiger partial charge is 0.0342 e. The van der Waals surface area contributed by atoms with Crippen LogP contribution in [0.5, 0.6) is 0 Å². The van der Waals surface area contributed by atoms with Gasteiger partial charge in [-0.25, -0.2) is 0 Å². The van der Waals surface area contributed by atoms with Crippen molar-refractivity contribution in [2.45, 2.75) is 60.8 Å². The lowest BCUT2D eigenvalue weighted by molar-refractivity contribution is 0.971.